The van der Waals surface area contributed by atoms with Gasteiger partial charge in [0.25, 0.3) is 0 Å². The summed E-state index contributed by atoms with van der Waals surface area (Å²) in [7, 11) is 0. The maximum atomic E-state index is 6.56. The van der Waals surface area contributed by atoms with E-state index in [1.54, 1.807) is 0 Å². The molecule has 2 N–H and O–H groups in total. The van der Waals surface area contributed by atoms with E-state index in [0.717, 1.165) is 0 Å². The topological polar surface area (TPSA) is 26.0 Å². The van der Waals surface area contributed by atoms with Crippen LogP contribution in [0.5, 0.6) is 0 Å². The van der Waals surface area contributed by atoms with Crippen LogP contribution in [0.2, 0.25) is 0 Å². The van der Waals surface area contributed by atoms with Crippen molar-refractivity contribution in [2.45, 2.75) is 47.6 Å². The Morgan fingerprint density at radius 3 is 1.50 bits per heavy atom. The van der Waals surface area contributed by atoms with Crippen molar-refractivity contribution in [2.75, 3.05) is 0 Å². The number of rotatable bonds is 2. The van der Waals surface area contributed by atoms with Crippen molar-refractivity contribution in [1.29, 1.82) is 0 Å². The predicted octanol–water partition coefficient (Wildman–Crippen LogP) is 4.59. The van der Waals surface area contributed by atoms with Gasteiger partial charge in [0, 0.05) is 0 Å². The van der Waals surface area contributed by atoms with Crippen LogP contribution in [0.25, 0.3) is 0 Å². The van der Waals surface area contributed by atoms with Gasteiger partial charge in [-0.1, -0.05) is 29.8 Å². The number of hydrogen-bond acceptors (Lipinski definition) is 1. The van der Waals surface area contributed by atoms with Gasteiger partial charge in [-0.15, -0.1) is 0 Å². The van der Waals surface area contributed by atoms with Crippen LogP contribution in [-0.2, 0) is 0 Å². The SMILES string of the molecule is Cc1ccc(C(N)c2c(C)c(C)c(C)c(C)c2C)cc1. The lowest BCUT2D eigenvalue weighted by Gasteiger charge is -2.23. The lowest BCUT2D eigenvalue weighted by atomic mass is 9.84. The van der Waals surface area contributed by atoms with Gasteiger partial charge in [-0.3, -0.25) is 0 Å². The maximum Gasteiger partial charge on any atom is 0.0557 e. The molecule has 2 aromatic rings. The van der Waals surface area contributed by atoms with E-state index >= 15 is 0 Å². The van der Waals surface area contributed by atoms with Gasteiger partial charge >= 0.3 is 0 Å². The Labute approximate surface area is 122 Å². The zero-order valence-corrected chi connectivity index (χ0v) is 13.5. The van der Waals surface area contributed by atoms with Crippen molar-refractivity contribution in [3.63, 3.8) is 0 Å². The van der Waals surface area contributed by atoms with Gasteiger partial charge in [-0.05, 0) is 80.5 Å². The van der Waals surface area contributed by atoms with Gasteiger partial charge in [0.1, 0.15) is 0 Å². The Kier molecular flexibility index (Phi) is 4.01. The molecular weight excluding hydrogens is 242 g/mol. The van der Waals surface area contributed by atoms with Crippen molar-refractivity contribution >= 4 is 0 Å². The molecule has 1 unspecified atom stereocenters. The molecule has 2 rings (SSSR count). The molecule has 0 fully saturated rings. The summed E-state index contributed by atoms with van der Waals surface area (Å²) in [6.45, 7) is 13.1. The van der Waals surface area contributed by atoms with Crippen LogP contribution >= 0.6 is 0 Å². The molecule has 0 amide bonds. The van der Waals surface area contributed by atoms with E-state index in [0.29, 0.717) is 0 Å². The molecule has 1 heteroatoms. The monoisotopic (exact) mass is 267 g/mol. The zero-order chi connectivity index (χ0) is 15.0. The summed E-state index contributed by atoms with van der Waals surface area (Å²) in [6.07, 6.45) is 0. The molecule has 0 saturated heterocycles. The molecule has 0 aromatic heterocycles. The molecule has 0 aliphatic rings. The first-order valence-corrected chi connectivity index (χ1v) is 7.23. The van der Waals surface area contributed by atoms with E-state index in [9.17, 15) is 0 Å². The van der Waals surface area contributed by atoms with E-state index in [1.807, 2.05) is 0 Å². The summed E-state index contributed by atoms with van der Waals surface area (Å²) in [4.78, 5) is 0. The minimum atomic E-state index is -0.0476. The molecule has 0 aliphatic heterocycles. The highest BCUT2D eigenvalue weighted by molar-refractivity contribution is 5.52. The maximum absolute atomic E-state index is 6.56. The highest BCUT2D eigenvalue weighted by Gasteiger charge is 2.18. The molecule has 0 spiro atoms. The van der Waals surface area contributed by atoms with Crippen molar-refractivity contribution < 1.29 is 0 Å². The van der Waals surface area contributed by atoms with E-state index in [4.69, 9.17) is 5.73 Å². The minimum absolute atomic E-state index is 0.0476. The molecule has 1 atom stereocenters. The molecule has 2 aromatic carbocycles. The van der Waals surface area contributed by atoms with Crippen LogP contribution in [0, 0.1) is 41.5 Å². The first-order valence-electron chi connectivity index (χ1n) is 7.23. The molecular formula is C19H25N. The van der Waals surface area contributed by atoms with Crippen molar-refractivity contribution in [3.8, 4) is 0 Å². The van der Waals surface area contributed by atoms with Crippen molar-refractivity contribution in [1.82, 2.24) is 0 Å². The molecule has 0 saturated carbocycles. The largest absolute Gasteiger partial charge is 0.320 e. The van der Waals surface area contributed by atoms with E-state index < -0.39 is 0 Å². The first-order chi connectivity index (χ1) is 9.34. The Hall–Kier alpha value is -1.60. The van der Waals surface area contributed by atoms with Gasteiger partial charge in [0.15, 0.2) is 0 Å². The third kappa shape index (κ3) is 2.38. The summed E-state index contributed by atoms with van der Waals surface area (Å²) in [6, 6.07) is 8.50. The van der Waals surface area contributed by atoms with E-state index in [2.05, 4.69) is 65.8 Å². The van der Waals surface area contributed by atoms with Crippen LogP contribution in [0.3, 0.4) is 0 Å². The molecule has 0 aliphatic carbocycles. The van der Waals surface area contributed by atoms with E-state index in [1.165, 1.54) is 44.5 Å². The van der Waals surface area contributed by atoms with E-state index in [-0.39, 0.29) is 6.04 Å². The van der Waals surface area contributed by atoms with Crippen LogP contribution in [0.4, 0.5) is 0 Å². The number of hydrogen-bond donors (Lipinski definition) is 1. The third-order valence-corrected chi connectivity index (χ3v) is 4.81. The normalized spacial score (nSPS) is 12.6. The van der Waals surface area contributed by atoms with Crippen LogP contribution in [-0.4, -0.2) is 0 Å². The fourth-order valence-electron chi connectivity index (χ4n) is 2.94. The highest BCUT2D eigenvalue weighted by Crippen LogP contribution is 2.32. The van der Waals surface area contributed by atoms with Crippen molar-refractivity contribution in [3.05, 3.63) is 68.8 Å². The smallest absolute Gasteiger partial charge is 0.0557 e. The Balaban J connectivity index is 2.60. The van der Waals surface area contributed by atoms with Gasteiger partial charge < -0.3 is 5.73 Å². The average molecular weight is 267 g/mol. The van der Waals surface area contributed by atoms with Gasteiger partial charge in [-0.25, -0.2) is 0 Å². The number of nitrogens with two attached hydrogens (primary N) is 1. The Morgan fingerprint density at radius 1 is 0.650 bits per heavy atom. The average Bonchev–Trinajstić information content (AvgIpc) is 2.44. The highest BCUT2D eigenvalue weighted by atomic mass is 14.6. The molecule has 1 nitrogen and oxygen atoms in total. The lowest BCUT2D eigenvalue weighted by molar-refractivity contribution is 0.842. The molecule has 20 heavy (non-hydrogen) atoms. The molecule has 0 radical (unpaired) electrons. The molecule has 0 bridgehead atoms. The second-order valence-corrected chi connectivity index (χ2v) is 5.93. The predicted molar refractivity (Wildman–Crippen MR) is 87.3 cm³/mol. The molecule has 106 valence electrons. The van der Waals surface area contributed by atoms with Crippen LogP contribution in [0.15, 0.2) is 24.3 Å². The standard InChI is InChI=1S/C19H25N/c1-11-7-9-17(10-8-11)19(20)18-15(5)13(3)12(2)14(4)16(18)6/h7-10,19H,20H2,1-6H3. The Morgan fingerprint density at radius 2 is 1.05 bits per heavy atom. The molecule has 0 heterocycles. The minimum Gasteiger partial charge on any atom is -0.320 e. The number of aryl methyl sites for hydroxylation is 1. The second-order valence-electron chi connectivity index (χ2n) is 5.93. The van der Waals surface area contributed by atoms with Crippen molar-refractivity contribution in [2.24, 2.45) is 5.73 Å². The summed E-state index contributed by atoms with van der Waals surface area (Å²) in [5.74, 6) is 0. The van der Waals surface area contributed by atoms with Gasteiger partial charge in [0.05, 0.1) is 6.04 Å². The summed E-state index contributed by atoms with van der Waals surface area (Å²) < 4.78 is 0. The second kappa shape index (κ2) is 5.41. The Bertz CT molecular complexity index is 607. The summed E-state index contributed by atoms with van der Waals surface area (Å²) >= 11 is 0. The quantitative estimate of drug-likeness (QED) is 0.846. The zero-order valence-electron chi connectivity index (χ0n) is 13.5. The third-order valence-electron chi connectivity index (χ3n) is 4.81. The van der Waals surface area contributed by atoms with Gasteiger partial charge in [0.2, 0.25) is 0 Å². The fourth-order valence-corrected chi connectivity index (χ4v) is 2.94. The lowest BCUT2D eigenvalue weighted by Crippen LogP contribution is -2.17. The number of benzene rings is 2. The summed E-state index contributed by atoms with van der Waals surface area (Å²) in [5.41, 5.74) is 17.1. The summed E-state index contributed by atoms with van der Waals surface area (Å²) in [5, 5.41) is 0. The van der Waals surface area contributed by atoms with Gasteiger partial charge in [-0.2, -0.15) is 0 Å². The van der Waals surface area contributed by atoms with Crippen LogP contribution in [0.1, 0.15) is 50.5 Å². The fraction of sp³-hybridized carbons (Fsp3) is 0.368. The first kappa shape index (κ1) is 14.8. The van der Waals surface area contributed by atoms with Crippen LogP contribution < -0.4 is 5.73 Å².